The lowest BCUT2D eigenvalue weighted by Gasteiger charge is -2.19. The van der Waals surface area contributed by atoms with Crippen molar-refractivity contribution in [3.63, 3.8) is 0 Å². The van der Waals surface area contributed by atoms with Crippen molar-refractivity contribution < 1.29 is 9.50 Å². The van der Waals surface area contributed by atoms with E-state index in [0.717, 1.165) is 13.1 Å². The second kappa shape index (κ2) is 8.70. The lowest BCUT2D eigenvalue weighted by atomic mass is 10.1. The van der Waals surface area contributed by atoms with Gasteiger partial charge >= 0.3 is 0 Å². The van der Waals surface area contributed by atoms with Gasteiger partial charge in [0.25, 0.3) is 0 Å². The Morgan fingerprint density at radius 1 is 1.20 bits per heavy atom. The molecule has 0 unspecified atom stereocenters. The first kappa shape index (κ1) is 16.6. The highest BCUT2D eigenvalue weighted by Crippen LogP contribution is 2.12. The topological polar surface area (TPSA) is 26.7 Å². The summed E-state index contributed by atoms with van der Waals surface area (Å²) in [7, 11) is 6.03. The molecule has 4 heteroatoms. The highest BCUT2D eigenvalue weighted by atomic mass is 19.1. The molecule has 0 radical (unpaired) electrons. The van der Waals surface area contributed by atoms with E-state index in [0.29, 0.717) is 24.1 Å². The summed E-state index contributed by atoms with van der Waals surface area (Å²) >= 11 is 0. The number of rotatable bonds is 6. The number of aliphatic hydroxyl groups excluding tert-OH is 1. The van der Waals surface area contributed by atoms with Gasteiger partial charge in [0.1, 0.15) is 5.82 Å². The van der Waals surface area contributed by atoms with E-state index in [2.05, 4.69) is 21.6 Å². The second-order valence-electron chi connectivity index (χ2n) is 5.12. The van der Waals surface area contributed by atoms with E-state index in [9.17, 15) is 4.39 Å². The van der Waals surface area contributed by atoms with Crippen molar-refractivity contribution in [1.82, 2.24) is 9.80 Å². The number of likely N-dealkylation sites (N-methyl/N-ethyl adjacent to an activating group) is 2. The fraction of sp³-hybridized carbons (Fsp3) is 0.500. The van der Waals surface area contributed by atoms with Crippen molar-refractivity contribution >= 4 is 0 Å². The molecular weight excluding hydrogens is 255 g/mol. The number of hydrogen-bond donors (Lipinski definition) is 1. The molecule has 20 heavy (non-hydrogen) atoms. The minimum absolute atomic E-state index is 0.0320. The molecule has 1 aromatic rings. The van der Waals surface area contributed by atoms with E-state index in [1.807, 2.05) is 27.2 Å². The van der Waals surface area contributed by atoms with Gasteiger partial charge < -0.3 is 14.9 Å². The van der Waals surface area contributed by atoms with Crippen LogP contribution in [0.2, 0.25) is 0 Å². The summed E-state index contributed by atoms with van der Waals surface area (Å²) in [6, 6.07) is 5.06. The van der Waals surface area contributed by atoms with Gasteiger partial charge in [0.05, 0.1) is 6.61 Å². The molecular formula is C16H23FN2O. The van der Waals surface area contributed by atoms with Crippen molar-refractivity contribution in [2.24, 2.45) is 0 Å². The van der Waals surface area contributed by atoms with Crippen LogP contribution < -0.4 is 0 Å². The monoisotopic (exact) mass is 278 g/mol. The molecule has 1 aromatic carbocycles. The number of halogens is 1. The Morgan fingerprint density at radius 2 is 1.95 bits per heavy atom. The predicted molar refractivity (Wildman–Crippen MR) is 79.9 cm³/mol. The maximum atomic E-state index is 14.0. The normalized spacial score (nSPS) is 10.8. The van der Waals surface area contributed by atoms with Gasteiger partial charge in [-0.3, -0.25) is 0 Å². The molecule has 0 saturated carbocycles. The van der Waals surface area contributed by atoms with Crippen LogP contribution in [0.5, 0.6) is 0 Å². The predicted octanol–water partition coefficient (Wildman–Crippen LogP) is 1.55. The van der Waals surface area contributed by atoms with E-state index >= 15 is 0 Å². The molecule has 0 bridgehead atoms. The Labute approximate surface area is 121 Å². The molecule has 0 atom stereocenters. The SMILES string of the molecule is CN(C)CCN(C)Cc1ccc(C#CCCO)cc1F. The van der Waals surface area contributed by atoms with Crippen LogP contribution in [0.4, 0.5) is 4.39 Å². The molecule has 0 aliphatic heterocycles. The Hall–Kier alpha value is -1.41. The van der Waals surface area contributed by atoms with Gasteiger partial charge in [0.15, 0.2) is 0 Å². The van der Waals surface area contributed by atoms with E-state index < -0.39 is 0 Å². The summed E-state index contributed by atoms with van der Waals surface area (Å²) in [6.07, 6.45) is 0.413. The maximum Gasteiger partial charge on any atom is 0.128 e. The van der Waals surface area contributed by atoms with Gasteiger partial charge in [0, 0.05) is 37.2 Å². The quantitative estimate of drug-likeness (QED) is 0.800. The molecule has 0 spiro atoms. The first-order chi connectivity index (χ1) is 9.52. The van der Waals surface area contributed by atoms with Crippen molar-refractivity contribution in [1.29, 1.82) is 0 Å². The van der Waals surface area contributed by atoms with Gasteiger partial charge in [-0.05, 0) is 33.3 Å². The molecule has 0 aromatic heterocycles. The van der Waals surface area contributed by atoms with Crippen LogP contribution in [-0.2, 0) is 6.54 Å². The zero-order chi connectivity index (χ0) is 15.0. The lowest BCUT2D eigenvalue weighted by Crippen LogP contribution is -2.28. The smallest absolute Gasteiger partial charge is 0.128 e. The number of hydrogen-bond acceptors (Lipinski definition) is 3. The number of aliphatic hydroxyl groups is 1. The molecule has 1 N–H and O–H groups in total. The van der Waals surface area contributed by atoms with Gasteiger partial charge in [-0.1, -0.05) is 17.9 Å². The third kappa shape index (κ3) is 6.16. The molecule has 3 nitrogen and oxygen atoms in total. The molecule has 110 valence electrons. The molecule has 0 saturated heterocycles. The third-order valence-electron chi connectivity index (χ3n) is 2.89. The van der Waals surface area contributed by atoms with Crippen LogP contribution in [0.15, 0.2) is 18.2 Å². The van der Waals surface area contributed by atoms with Gasteiger partial charge in [-0.2, -0.15) is 0 Å². The Kier molecular flexibility index (Phi) is 7.24. The van der Waals surface area contributed by atoms with Crippen LogP contribution in [0.25, 0.3) is 0 Å². The Bertz CT molecular complexity index is 477. The van der Waals surface area contributed by atoms with Crippen molar-refractivity contribution in [3.8, 4) is 11.8 Å². The standard InChI is InChI=1S/C16H23FN2O/c1-18(2)9-10-19(3)13-15-8-7-14(12-16(15)17)6-4-5-11-20/h7-8,12,20H,5,9-11,13H2,1-3H3. The average molecular weight is 278 g/mol. The highest BCUT2D eigenvalue weighted by Gasteiger charge is 2.06. The first-order valence-electron chi connectivity index (χ1n) is 6.74. The molecule has 1 rings (SSSR count). The van der Waals surface area contributed by atoms with Crippen molar-refractivity contribution in [2.75, 3.05) is 40.8 Å². The molecule has 0 fully saturated rings. The summed E-state index contributed by atoms with van der Waals surface area (Å²) in [5.41, 5.74) is 1.33. The average Bonchev–Trinajstić information content (AvgIpc) is 2.40. The highest BCUT2D eigenvalue weighted by molar-refractivity contribution is 5.37. The third-order valence-corrected chi connectivity index (χ3v) is 2.89. The molecule has 0 amide bonds. The van der Waals surface area contributed by atoms with E-state index in [1.54, 1.807) is 6.07 Å². The summed E-state index contributed by atoms with van der Waals surface area (Å²) in [6.45, 7) is 2.46. The summed E-state index contributed by atoms with van der Waals surface area (Å²) in [4.78, 5) is 4.20. The van der Waals surface area contributed by atoms with Crippen molar-refractivity contribution in [2.45, 2.75) is 13.0 Å². The van der Waals surface area contributed by atoms with Crippen molar-refractivity contribution in [3.05, 3.63) is 35.1 Å². The fourth-order valence-corrected chi connectivity index (χ4v) is 1.71. The zero-order valence-corrected chi connectivity index (χ0v) is 12.5. The first-order valence-corrected chi connectivity index (χ1v) is 6.74. The molecule has 0 aliphatic carbocycles. The summed E-state index contributed by atoms with van der Waals surface area (Å²) in [5, 5.41) is 8.65. The van der Waals surface area contributed by atoms with Crippen LogP contribution in [0, 0.1) is 17.7 Å². The lowest BCUT2D eigenvalue weighted by molar-refractivity contribution is 0.273. The second-order valence-corrected chi connectivity index (χ2v) is 5.12. The van der Waals surface area contributed by atoms with Crippen LogP contribution in [0.1, 0.15) is 17.5 Å². The van der Waals surface area contributed by atoms with E-state index in [-0.39, 0.29) is 12.4 Å². The van der Waals surface area contributed by atoms with Crippen LogP contribution in [-0.4, -0.2) is 55.7 Å². The van der Waals surface area contributed by atoms with Gasteiger partial charge in [-0.15, -0.1) is 0 Å². The minimum atomic E-state index is -0.225. The molecule has 0 heterocycles. The number of nitrogens with zero attached hydrogens (tertiary/aromatic N) is 2. The molecule has 0 aliphatic rings. The Morgan fingerprint density at radius 3 is 2.55 bits per heavy atom. The van der Waals surface area contributed by atoms with E-state index in [4.69, 9.17) is 5.11 Å². The van der Waals surface area contributed by atoms with E-state index in [1.165, 1.54) is 6.07 Å². The minimum Gasteiger partial charge on any atom is -0.395 e. The van der Waals surface area contributed by atoms with Crippen LogP contribution in [0.3, 0.4) is 0 Å². The van der Waals surface area contributed by atoms with Gasteiger partial charge in [-0.25, -0.2) is 4.39 Å². The zero-order valence-electron chi connectivity index (χ0n) is 12.5. The van der Waals surface area contributed by atoms with Crippen LogP contribution >= 0.6 is 0 Å². The largest absolute Gasteiger partial charge is 0.395 e. The van der Waals surface area contributed by atoms with Gasteiger partial charge in [0.2, 0.25) is 0 Å². The maximum absolute atomic E-state index is 14.0. The summed E-state index contributed by atoms with van der Waals surface area (Å²) < 4.78 is 14.0. The Balaban J connectivity index is 2.62. The number of benzene rings is 1. The summed E-state index contributed by atoms with van der Waals surface area (Å²) in [5.74, 6) is 5.40. The fourth-order valence-electron chi connectivity index (χ4n) is 1.71.